The van der Waals surface area contributed by atoms with E-state index in [1.807, 2.05) is 24.3 Å². The van der Waals surface area contributed by atoms with Crippen LogP contribution in [0.15, 0.2) is 48.5 Å². The van der Waals surface area contributed by atoms with Crippen molar-refractivity contribution >= 4 is 39.4 Å². The molecule has 0 amide bonds. The molecular weight excluding hydrogens is 298 g/mol. The second-order valence-corrected chi connectivity index (χ2v) is 5.66. The van der Waals surface area contributed by atoms with Gasteiger partial charge in [-0.3, -0.25) is 0 Å². The predicted octanol–water partition coefficient (Wildman–Crippen LogP) is 4.14. The Kier molecular flexibility index (Phi) is 3.89. The zero-order chi connectivity index (χ0) is 15.5. The first-order chi connectivity index (χ1) is 10.7. The van der Waals surface area contributed by atoms with Crippen molar-refractivity contribution in [2.24, 2.45) is 0 Å². The number of hydrogen-bond donors (Lipinski definition) is 1. The van der Waals surface area contributed by atoms with Crippen molar-refractivity contribution in [1.82, 2.24) is 4.98 Å². The molecule has 0 bridgehead atoms. The number of fused-ring (bicyclic) bond motifs is 1. The van der Waals surface area contributed by atoms with Crippen molar-refractivity contribution in [3.8, 4) is 0 Å². The van der Waals surface area contributed by atoms with Crippen molar-refractivity contribution in [1.29, 1.82) is 0 Å². The zero-order valence-electron chi connectivity index (χ0n) is 11.8. The van der Waals surface area contributed by atoms with Crippen molar-refractivity contribution in [2.45, 2.75) is 0 Å². The van der Waals surface area contributed by atoms with Gasteiger partial charge < -0.3 is 9.84 Å². The average Bonchev–Trinajstić information content (AvgIpc) is 2.99. The molecule has 4 nitrogen and oxygen atoms in total. The molecule has 0 unspecified atom stereocenters. The van der Waals surface area contributed by atoms with Crippen LogP contribution in [0, 0.1) is 0 Å². The number of methoxy groups -OCH3 is 1. The van der Waals surface area contributed by atoms with E-state index < -0.39 is 0 Å². The van der Waals surface area contributed by atoms with Crippen molar-refractivity contribution in [2.75, 3.05) is 7.11 Å². The summed E-state index contributed by atoms with van der Waals surface area (Å²) in [6.45, 7) is 0. The van der Waals surface area contributed by atoms with Crippen molar-refractivity contribution < 1.29 is 14.6 Å². The number of aliphatic hydroxyl groups is 1. The summed E-state index contributed by atoms with van der Waals surface area (Å²) >= 11 is 1.43. The molecule has 2 aromatic carbocycles. The van der Waals surface area contributed by atoms with Crippen LogP contribution >= 0.6 is 11.3 Å². The maximum atomic E-state index is 11.4. The van der Waals surface area contributed by atoms with Gasteiger partial charge in [0.2, 0.25) is 0 Å². The van der Waals surface area contributed by atoms with Crippen molar-refractivity contribution in [3.05, 3.63) is 64.7 Å². The fourth-order valence-electron chi connectivity index (χ4n) is 2.03. The second-order valence-electron chi connectivity index (χ2n) is 4.63. The Morgan fingerprint density at radius 3 is 2.59 bits per heavy atom. The van der Waals surface area contributed by atoms with Gasteiger partial charge in [0, 0.05) is 0 Å². The fraction of sp³-hybridized carbons (Fsp3) is 0.0588. The first-order valence-corrected chi connectivity index (χ1v) is 7.44. The van der Waals surface area contributed by atoms with E-state index in [0.29, 0.717) is 10.6 Å². The van der Waals surface area contributed by atoms with E-state index >= 15 is 0 Å². The normalized spacial score (nSPS) is 11.6. The molecule has 3 aromatic rings. The lowest BCUT2D eigenvalue weighted by molar-refractivity contribution is 0.0600. The molecule has 5 heteroatoms. The maximum Gasteiger partial charge on any atom is 0.337 e. The third-order valence-corrected chi connectivity index (χ3v) is 4.21. The van der Waals surface area contributed by atoms with Gasteiger partial charge in [-0.05, 0) is 35.9 Å². The van der Waals surface area contributed by atoms with Gasteiger partial charge in [-0.2, -0.15) is 0 Å². The van der Waals surface area contributed by atoms with E-state index in [9.17, 15) is 9.90 Å². The third kappa shape index (κ3) is 2.84. The smallest absolute Gasteiger partial charge is 0.337 e. The molecule has 3 rings (SSSR count). The quantitative estimate of drug-likeness (QED) is 0.583. The van der Waals surface area contributed by atoms with Gasteiger partial charge >= 0.3 is 5.97 Å². The molecule has 110 valence electrons. The summed E-state index contributed by atoms with van der Waals surface area (Å²) in [4.78, 5) is 15.8. The second kappa shape index (κ2) is 5.99. The largest absolute Gasteiger partial charge is 0.505 e. The molecule has 1 heterocycles. The third-order valence-electron chi connectivity index (χ3n) is 3.15. The van der Waals surface area contributed by atoms with Gasteiger partial charge in [-0.1, -0.05) is 24.3 Å². The number of ether oxygens (including phenoxy) is 1. The van der Waals surface area contributed by atoms with Crippen LogP contribution in [0.3, 0.4) is 0 Å². The molecule has 0 aliphatic heterocycles. The number of para-hydroxylation sites is 1. The van der Waals surface area contributed by atoms with Crippen LogP contribution in [-0.2, 0) is 4.74 Å². The Morgan fingerprint density at radius 2 is 1.91 bits per heavy atom. The number of hydrogen-bond acceptors (Lipinski definition) is 5. The summed E-state index contributed by atoms with van der Waals surface area (Å²) < 4.78 is 5.67. The molecule has 0 saturated heterocycles. The highest BCUT2D eigenvalue weighted by molar-refractivity contribution is 7.19. The van der Waals surface area contributed by atoms with Crippen LogP contribution in [0.1, 0.15) is 20.9 Å². The molecule has 0 aliphatic carbocycles. The number of carbonyl (C=O) groups is 1. The van der Waals surface area contributed by atoms with Crippen molar-refractivity contribution in [3.63, 3.8) is 0 Å². The molecule has 1 N–H and O–H groups in total. The molecule has 1 aromatic heterocycles. The Labute approximate surface area is 131 Å². The fourth-order valence-corrected chi connectivity index (χ4v) is 2.92. The van der Waals surface area contributed by atoms with E-state index in [2.05, 4.69) is 9.72 Å². The summed E-state index contributed by atoms with van der Waals surface area (Å²) in [5.41, 5.74) is 2.12. The van der Waals surface area contributed by atoms with E-state index in [0.717, 1.165) is 15.8 Å². The first-order valence-electron chi connectivity index (χ1n) is 6.62. The first kappa shape index (κ1) is 14.3. The molecule has 0 fully saturated rings. The lowest BCUT2D eigenvalue weighted by Crippen LogP contribution is -2.00. The molecular formula is C17H13NO3S. The molecule has 0 radical (unpaired) electrons. The summed E-state index contributed by atoms with van der Waals surface area (Å²) in [7, 11) is 1.34. The summed E-state index contributed by atoms with van der Waals surface area (Å²) in [5.74, 6) is -0.280. The molecule has 0 spiro atoms. The highest BCUT2D eigenvalue weighted by Gasteiger charge is 2.08. The van der Waals surface area contributed by atoms with Crippen LogP contribution in [0.5, 0.6) is 0 Å². The SMILES string of the molecule is COC(=O)c1ccc(C=C(O)c2nc3ccccc3s2)cc1. The molecule has 0 atom stereocenters. The van der Waals surface area contributed by atoms with Gasteiger partial charge in [-0.15, -0.1) is 11.3 Å². The van der Waals surface area contributed by atoms with Crippen LogP contribution in [-0.4, -0.2) is 23.2 Å². The molecule has 0 saturated carbocycles. The lowest BCUT2D eigenvalue weighted by Gasteiger charge is -2.00. The van der Waals surface area contributed by atoms with Gasteiger partial charge in [-0.25, -0.2) is 9.78 Å². The molecule has 0 aliphatic rings. The van der Waals surface area contributed by atoms with E-state index in [1.54, 1.807) is 30.3 Å². The van der Waals surface area contributed by atoms with Crippen LogP contribution in [0.4, 0.5) is 0 Å². The average molecular weight is 311 g/mol. The number of rotatable bonds is 3. The Bertz CT molecular complexity index is 817. The minimum Gasteiger partial charge on any atom is -0.505 e. The van der Waals surface area contributed by atoms with Crippen LogP contribution < -0.4 is 0 Å². The van der Waals surface area contributed by atoms with E-state index in [1.165, 1.54) is 18.4 Å². The highest BCUT2D eigenvalue weighted by atomic mass is 32.1. The van der Waals surface area contributed by atoms with Gasteiger partial charge in [0.05, 0.1) is 22.9 Å². The van der Waals surface area contributed by atoms with E-state index in [-0.39, 0.29) is 11.7 Å². The Balaban J connectivity index is 1.88. The number of aromatic nitrogens is 1. The number of esters is 1. The van der Waals surface area contributed by atoms with Gasteiger partial charge in [0.25, 0.3) is 0 Å². The number of thiazole rings is 1. The topological polar surface area (TPSA) is 59.4 Å². The molecule has 22 heavy (non-hydrogen) atoms. The standard InChI is InChI=1S/C17H13NO3S/c1-21-17(20)12-8-6-11(7-9-12)10-14(19)16-18-13-4-2-3-5-15(13)22-16/h2-10,19H,1H3. The Morgan fingerprint density at radius 1 is 1.18 bits per heavy atom. The number of benzene rings is 2. The number of carbonyl (C=O) groups excluding carboxylic acids is 1. The number of aliphatic hydroxyl groups excluding tert-OH is 1. The van der Waals surface area contributed by atoms with Crippen LogP contribution in [0.2, 0.25) is 0 Å². The minimum atomic E-state index is -0.383. The number of nitrogens with zero attached hydrogens (tertiary/aromatic N) is 1. The Hall–Kier alpha value is -2.66. The minimum absolute atomic E-state index is 0.104. The zero-order valence-corrected chi connectivity index (χ0v) is 12.6. The monoisotopic (exact) mass is 311 g/mol. The van der Waals surface area contributed by atoms with Crippen LogP contribution in [0.25, 0.3) is 22.1 Å². The summed E-state index contributed by atoms with van der Waals surface area (Å²) in [5, 5.41) is 10.8. The van der Waals surface area contributed by atoms with Gasteiger partial charge in [0.1, 0.15) is 0 Å². The maximum absolute atomic E-state index is 11.4. The highest BCUT2D eigenvalue weighted by Crippen LogP contribution is 2.26. The predicted molar refractivity (Wildman–Crippen MR) is 87.9 cm³/mol. The lowest BCUT2D eigenvalue weighted by atomic mass is 10.1. The summed E-state index contributed by atoms with van der Waals surface area (Å²) in [6.07, 6.45) is 1.62. The van der Waals surface area contributed by atoms with E-state index in [4.69, 9.17) is 0 Å². The van der Waals surface area contributed by atoms with Gasteiger partial charge in [0.15, 0.2) is 10.8 Å². The summed E-state index contributed by atoms with van der Waals surface area (Å²) in [6, 6.07) is 14.5.